The highest BCUT2D eigenvalue weighted by molar-refractivity contribution is 9.09. The highest BCUT2D eigenvalue weighted by Gasteiger charge is 2.63. The van der Waals surface area contributed by atoms with E-state index in [4.69, 9.17) is 4.74 Å². The molecule has 2 rings (SSSR count). The average molecular weight is 275 g/mol. The Morgan fingerprint density at radius 1 is 1.27 bits per heavy atom. The summed E-state index contributed by atoms with van der Waals surface area (Å²) in [6.07, 6.45) is 4.49. The van der Waals surface area contributed by atoms with Crippen LogP contribution in [0.3, 0.4) is 0 Å². The van der Waals surface area contributed by atoms with Crippen LogP contribution in [0.1, 0.15) is 47.0 Å². The Morgan fingerprint density at radius 2 is 1.87 bits per heavy atom. The number of rotatable bonds is 3. The molecule has 0 spiro atoms. The summed E-state index contributed by atoms with van der Waals surface area (Å²) in [6, 6.07) is 0. The van der Waals surface area contributed by atoms with Crippen LogP contribution in [0.25, 0.3) is 0 Å². The minimum atomic E-state index is 0.0874. The smallest absolute Gasteiger partial charge is 0.0863 e. The largest absolute Gasteiger partial charge is 0.371 e. The first-order valence-corrected chi connectivity index (χ1v) is 7.30. The summed E-state index contributed by atoms with van der Waals surface area (Å²) < 4.78 is 6.35. The third-order valence-electron chi connectivity index (χ3n) is 4.85. The van der Waals surface area contributed by atoms with Crippen molar-refractivity contribution in [3.63, 3.8) is 0 Å². The Labute approximate surface area is 102 Å². The SMILES string of the molecule is CC(C)OC1(CBr)C2CCC(C2)C1(C)C. The Morgan fingerprint density at radius 3 is 2.27 bits per heavy atom. The summed E-state index contributed by atoms with van der Waals surface area (Å²) in [4.78, 5) is 0. The molecule has 2 aliphatic carbocycles. The van der Waals surface area contributed by atoms with Crippen molar-refractivity contribution in [3.05, 3.63) is 0 Å². The number of hydrogen-bond acceptors (Lipinski definition) is 1. The van der Waals surface area contributed by atoms with Crippen LogP contribution in [-0.2, 0) is 4.74 Å². The van der Waals surface area contributed by atoms with Crippen molar-refractivity contribution in [3.8, 4) is 0 Å². The fourth-order valence-corrected chi connectivity index (χ4v) is 5.23. The predicted octanol–water partition coefficient (Wildman–Crippen LogP) is 4.00. The molecule has 3 atom stereocenters. The quantitative estimate of drug-likeness (QED) is 0.707. The van der Waals surface area contributed by atoms with Crippen LogP contribution in [-0.4, -0.2) is 17.0 Å². The maximum atomic E-state index is 6.35. The molecule has 2 bridgehead atoms. The number of halogens is 1. The van der Waals surface area contributed by atoms with Crippen molar-refractivity contribution >= 4 is 15.9 Å². The molecule has 2 fully saturated rings. The van der Waals surface area contributed by atoms with Gasteiger partial charge in [-0.1, -0.05) is 29.8 Å². The van der Waals surface area contributed by atoms with Crippen LogP contribution in [0.5, 0.6) is 0 Å². The second kappa shape index (κ2) is 3.73. The monoisotopic (exact) mass is 274 g/mol. The molecule has 3 unspecified atom stereocenters. The van der Waals surface area contributed by atoms with Crippen molar-refractivity contribution in [1.29, 1.82) is 0 Å². The fourth-order valence-electron chi connectivity index (χ4n) is 3.91. The second-order valence-corrected chi connectivity index (χ2v) is 6.68. The molecule has 1 nitrogen and oxygen atoms in total. The first kappa shape index (κ1) is 11.9. The van der Waals surface area contributed by atoms with Gasteiger partial charge in [0.1, 0.15) is 0 Å². The van der Waals surface area contributed by atoms with E-state index in [9.17, 15) is 0 Å². The third kappa shape index (κ3) is 1.51. The minimum absolute atomic E-state index is 0.0874. The Kier molecular flexibility index (Phi) is 2.96. The zero-order valence-corrected chi connectivity index (χ0v) is 11.9. The number of fused-ring (bicyclic) bond motifs is 2. The summed E-state index contributed by atoms with van der Waals surface area (Å²) in [5.41, 5.74) is 0.424. The van der Waals surface area contributed by atoms with Gasteiger partial charge < -0.3 is 4.74 Å². The average Bonchev–Trinajstić information content (AvgIpc) is 2.67. The zero-order chi connectivity index (χ0) is 11.3. The molecule has 2 saturated carbocycles. The number of ether oxygens (including phenoxy) is 1. The van der Waals surface area contributed by atoms with Crippen molar-refractivity contribution < 1.29 is 4.74 Å². The molecule has 0 radical (unpaired) electrons. The molecule has 88 valence electrons. The summed E-state index contributed by atoms with van der Waals surface area (Å²) in [6.45, 7) is 9.12. The standard InChI is InChI=1S/C13H23BrO/c1-9(2)15-13(8-14)11-6-5-10(7-11)12(13,3)4/h9-11H,5-8H2,1-4H3. The van der Waals surface area contributed by atoms with Gasteiger partial charge in [-0.2, -0.15) is 0 Å². The summed E-state index contributed by atoms with van der Waals surface area (Å²) in [5, 5.41) is 0.992. The predicted molar refractivity (Wildman–Crippen MR) is 67.4 cm³/mol. The van der Waals surface area contributed by atoms with Gasteiger partial charge in [-0.05, 0) is 50.4 Å². The van der Waals surface area contributed by atoms with Crippen LogP contribution in [0.4, 0.5) is 0 Å². The highest BCUT2D eigenvalue weighted by Crippen LogP contribution is 2.63. The van der Waals surface area contributed by atoms with Gasteiger partial charge in [-0.15, -0.1) is 0 Å². The molecular formula is C13H23BrO. The van der Waals surface area contributed by atoms with E-state index in [1.54, 1.807) is 0 Å². The van der Waals surface area contributed by atoms with Gasteiger partial charge in [0.25, 0.3) is 0 Å². The van der Waals surface area contributed by atoms with E-state index in [-0.39, 0.29) is 5.60 Å². The van der Waals surface area contributed by atoms with Gasteiger partial charge in [0, 0.05) is 5.33 Å². The molecule has 15 heavy (non-hydrogen) atoms. The molecule has 0 aliphatic heterocycles. The van der Waals surface area contributed by atoms with Gasteiger partial charge in [-0.3, -0.25) is 0 Å². The van der Waals surface area contributed by atoms with E-state index in [0.29, 0.717) is 11.5 Å². The second-order valence-electron chi connectivity index (χ2n) is 6.12. The molecular weight excluding hydrogens is 252 g/mol. The molecule has 0 aromatic carbocycles. The maximum Gasteiger partial charge on any atom is 0.0863 e. The van der Waals surface area contributed by atoms with Crippen molar-refractivity contribution in [2.45, 2.75) is 58.7 Å². The third-order valence-corrected chi connectivity index (χ3v) is 5.68. The lowest BCUT2D eigenvalue weighted by molar-refractivity contribution is -0.160. The van der Waals surface area contributed by atoms with E-state index in [0.717, 1.165) is 17.2 Å². The number of hydrogen-bond donors (Lipinski definition) is 0. The lowest BCUT2D eigenvalue weighted by Gasteiger charge is -2.49. The maximum absolute atomic E-state index is 6.35. The molecule has 2 aliphatic rings. The zero-order valence-electron chi connectivity index (χ0n) is 10.3. The van der Waals surface area contributed by atoms with Gasteiger partial charge in [0.15, 0.2) is 0 Å². The van der Waals surface area contributed by atoms with E-state index < -0.39 is 0 Å². The Hall–Kier alpha value is 0.440. The van der Waals surface area contributed by atoms with Crippen LogP contribution in [0.2, 0.25) is 0 Å². The van der Waals surface area contributed by atoms with Gasteiger partial charge in [0.2, 0.25) is 0 Å². The van der Waals surface area contributed by atoms with Crippen molar-refractivity contribution in [1.82, 2.24) is 0 Å². The van der Waals surface area contributed by atoms with Crippen molar-refractivity contribution in [2.24, 2.45) is 17.3 Å². The van der Waals surface area contributed by atoms with Gasteiger partial charge in [0.05, 0.1) is 11.7 Å². The van der Waals surface area contributed by atoms with E-state index >= 15 is 0 Å². The molecule has 0 amide bonds. The van der Waals surface area contributed by atoms with Crippen LogP contribution < -0.4 is 0 Å². The molecule has 0 heterocycles. The lowest BCUT2D eigenvalue weighted by Crippen LogP contribution is -2.54. The summed E-state index contributed by atoms with van der Waals surface area (Å²) in [7, 11) is 0. The van der Waals surface area contributed by atoms with Gasteiger partial charge in [-0.25, -0.2) is 0 Å². The van der Waals surface area contributed by atoms with E-state index in [1.165, 1.54) is 19.3 Å². The van der Waals surface area contributed by atoms with Crippen LogP contribution in [0, 0.1) is 17.3 Å². The van der Waals surface area contributed by atoms with Crippen LogP contribution in [0.15, 0.2) is 0 Å². The first-order chi connectivity index (χ1) is 6.94. The first-order valence-electron chi connectivity index (χ1n) is 6.18. The van der Waals surface area contributed by atoms with E-state index in [2.05, 4.69) is 43.6 Å². The molecule has 0 aromatic rings. The minimum Gasteiger partial charge on any atom is -0.371 e. The summed E-state index contributed by atoms with van der Waals surface area (Å²) in [5.74, 6) is 1.65. The fraction of sp³-hybridized carbons (Fsp3) is 1.00. The van der Waals surface area contributed by atoms with Crippen LogP contribution >= 0.6 is 15.9 Å². The molecule has 0 aromatic heterocycles. The van der Waals surface area contributed by atoms with Gasteiger partial charge >= 0.3 is 0 Å². The Balaban J connectivity index is 2.30. The normalized spacial score (nSPS) is 42.8. The lowest BCUT2D eigenvalue weighted by atomic mass is 9.66. The molecule has 0 saturated heterocycles. The Bertz CT molecular complexity index is 249. The highest BCUT2D eigenvalue weighted by atomic mass is 79.9. The molecule has 2 heteroatoms. The summed E-state index contributed by atoms with van der Waals surface area (Å²) >= 11 is 3.71. The van der Waals surface area contributed by atoms with E-state index in [1.807, 2.05) is 0 Å². The molecule has 0 N–H and O–H groups in total. The van der Waals surface area contributed by atoms with Crippen molar-refractivity contribution in [2.75, 3.05) is 5.33 Å². The number of alkyl halides is 1. The topological polar surface area (TPSA) is 9.23 Å².